The van der Waals surface area contributed by atoms with Crippen LogP contribution in [0.4, 0.5) is 0 Å². The normalized spacial score (nSPS) is 34.0. The second kappa shape index (κ2) is 11.5. The molecule has 0 aliphatic carbocycles. The predicted molar refractivity (Wildman–Crippen MR) is 137 cm³/mol. The van der Waals surface area contributed by atoms with Crippen molar-refractivity contribution in [1.82, 2.24) is 0 Å². The molecule has 2 aromatic carbocycles. The fourth-order valence-corrected chi connectivity index (χ4v) is 4.74. The molecule has 0 bridgehead atoms. The molecule has 14 heteroatoms. The molecule has 3 heterocycles. The molecule has 2 aliphatic rings. The summed E-state index contributed by atoms with van der Waals surface area (Å²) in [4.78, 5) is 13.1. The molecule has 0 spiro atoms. The molecular weight excluding hydrogens is 548 g/mol. The van der Waals surface area contributed by atoms with E-state index in [2.05, 4.69) is 0 Å². The van der Waals surface area contributed by atoms with Gasteiger partial charge in [-0.25, -0.2) is 0 Å². The van der Waals surface area contributed by atoms with Gasteiger partial charge in [0.25, 0.3) is 0 Å². The van der Waals surface area contributed by atoms with Crippen LogP contribution < -0.4 is 10.2 Å². The highest BCUT2D eigenvalue weighted by atomic mass is 16.7. The van der Waals surface area contributed by atoms with Gasteiger partial charge in [0.1, 0.15) is 77.2 Å². The highest BCUT2D eigenvalue weighted by Crippen LogP contribution is 2.33. The number of ether oxygens (including phenoxy) is 4. The first-order valence-electron chi connectivity index (χ1n) is 12.7. The van der Waals surface area contributed by atoms with Crippen LogP contribution in [0.2, 0.25) is 0 Å². The minimum Gasteiger partial charge on any atom is -0.508 e. The third kappa shape index (κ3) is 5.61. The van der Waals surface area contributed by atoms with Crippen LogP contribution >= 0.6 is 0 Å². The van der Waals surface area contributed by atoms with Crippen molar-refractivity contribution in [1.29, 1.82) is 0 Å². The Morgan fingerprint density at radius 1 is 0.805 bits per heavy atom. The Kier molecular flexibility index (Phi) is 8.20. The van der Waals surface area contributed by atoms with Crippen LogP contribution in [0.3, 0.4) is 0 Å². The number of aliphatic hydroxyl groups is 6. The fraction of sp³-hybridized carbons (Fsp3) is 0.444. The molecule has 0 amide bonds. The summed E-state index contributed by atoms with van der Waals surface area (Å²) in [5.74, 6) is -0.606. The van der Waals surface area contributed by atoms with Gasteiger partial charge < -0.3 is 64.2 Å². The molecule has 8 N–H and O–H groups in total. The molecule has 41 heavy (non-hydrogen) atoms. The average Bonchev–Trinajstić information content (AvgIpc) is 2.94. The monoisotopic (exact) mass is 578 g/mol. The highest BCUT2D eigenvalue weighted by molar-refractivity contribution is 5.88. The summed E-state index contributed by atoms with van der Waals surface area (Å²) in [6, 6.07) is 8.16. The Balaban J connectivity index is 1.33. The number of phenols is 2. The van der Waals surface area contributed by atoms with E-state index >= 15 is 0 Å². The molecule has 0 saturated carbocycles. The molecule has 2 saturated heterocycles. The number of aromatic hydroxyl groups is 2. The average molecular weight is 579 g/mol. The van der Waals surface area contributed by atoms with Crippen LogP contribution in [0.5, 0.6) is 17.2 Å². The van der Waals surface area contributed by atoms with E-state index in [4.69, 9.17) is 23.4 Å². The Hall–Kier alpha value is -3.31. The van der Waals surface area contributed by atoms with Gasteiger partial charge in [-0.2, -0.15) is 0 Å². The first-order chi connectivity index (χ1) is 19.5. The smallest absolute Gasteiger partial charge is 0.229 e. The second-order valence-electron chi connectivity index (χ2n) is 9.99. The van der Waals surface area contributed by atoms with Gasteiger partial charge in [0.05, 0.1) is 18.3 Å². The molecule has 0 radical (unpaired) electrons. The van der Waals surface area contributed by atoms with Gasteiger partial charge in [0.2, 0.25) is 11.7 Å². The minimum atomic E-state index is -1.76. The molecule has 4 unspecified atom stereocenters. The molecule has 14 nitrogen and oxygen atoms in total. The van der Waals surface area contributed by atoms with E-state index in [0.717, 1.165) is 6.07 Å². The van der Waals surface area contributed by atoms with Gasteiger partial charge in [0.15, 0.2) is 6.29 Å². The Bertz CT molecular complexity index is 1420. The first kappa shape index (κ1) is 29.2. The number of aliphatic hydroxyl groups excluding tert-OH is 6. The third-order valence-electron chi connectivity index (χ3n) is 7.16. The van der Waals surface area contributed by atoms with Crippen molar-refractivity contribution < 1.29 is 64.2 Å². The topological polar surface area (TPSA) is 229 Å². The van der Waals surface area contributed by atoms with Gasteiger partial charge in [-0.05, 0) is 24.6 Å². The largest absolute Gasteiger partial charge is 0.508 e. The minimum absolute atomic E-state index is 0.00951. The lowest BCUT2D eigenvalue weighted by Gasteiger charge is -2.42. The number of fused-ring (bicyclic) bond motifs is 1. The number of phenolic OH excluding ortho intramolecular Hbond substituents is 2. The number of hydrogen-bond donors (Lipinski definition) is 8. The zero-order valence-corrected chi connectivity index (χ0v) is 21.5. The third-order valence-corrected chi connectivity index (χ3v) is 7.16. The van der Waals surface area contributed by atoms with E-state index < -0.39 is 79.2 Å². The van der Waals surface area contributed by atoms with E-state index in [1.54, 1.807) is 0 Å². The van der Waals surface area contributed by atoms with Crippen molar-refractivity contribution in [3.8, 4) is 28.4 Å². The second-order valence-corrected chi connectivity index (χ2v) is 9.99. The van der Waals surface area contributed by atoms with Crippen molar-refractivity contribution >= 4 is 11.0 Å². The summed E-state index contributed by atoms with van der Waals surface area (Å²) in [6.45, 7) is 0.973. The lowest BCUT2D eigenvalue weighted by molar-refractivity contribution is -0.318. The molecule has 1 aromatic heterocycles. The molecule has 2 fully saturated rings. The van der Waals surface area contributed by atoms with E-state index in [1.807, 2.05) is 0 Å². The van der Waals surface area contributed by atoms with Crippen LogP contribution in [0.25, 0.3) is 22.1 Å². The maximum absolute atomic E-state index is 13.1. The van der Waals surface area contributed by atoms with Gasteiger partial charge in [-0.1, -0.05) is 12.1 Å². The van der Waals surface area contributed by atoms with Crippen LogP contribution in [-0.2, 0) is 14.2 Å². The molecule has 10 atom stereocenters. The standard InChI is InChI=1S/C27H30O14/c1-10-19(30)22(33)24(35)26(39-10)38-9-17-21(32)23(34)25(36)27(41-17)40-13-6-15(29)18-16(7-13)37-8-14(20(18)31)11-2-4-12(28)5-3-11/h2-8,10,17,19,21-30,32-36H,9H2,1H3/t10?,17?,19-,21+,22?,23-,24-,25?,26+,27+/m0/s1. The first-order valence-corrected chi connectivity index (χ1v) is 12.7. The van der Waals surface area contributed by atoms with Gasteiger partial charge in [-0.15, -0.1) is 0 Å². The number of benzene rings is 2. The summed E-state index contributed by atoms with van der Waals surface area (Å²) in [6.07, 6.45) is -13.7. The summed E-state index contributed by atoms with van der Waals surface area (Å²) < 4.78 is 27.6. The van der Waals surface area contributed by atoms with Gasteiger partial charge in [0, 0.05) is 12.1 Å². The van der Waals surface area contributed by atoms with Gasteiger partial charge in [-0.3, -0.25) is 4.79 Å². The molecular formula is C27H30O14. The lowest BCUT2D eigenvalue weighted by Crippen LogP contribution is -2.61. The Labute approximate surface area is 231 Å². The van der Waals surface area contributed by atoms with Crippen molar-refractivity contribution in [3.63, 3.8) is 0 Å². The van der Waals surface area contributed by atoms with Crippen molar-refractivity contribution in [2.45, 2.75) is 68.3 Å². The van der Waals surface area contributed by atoms with Crippen molar-refractivity contribution in [2.75, 3.05) is 6.61 Å². The Morgan fingerprint density at radius 2 is 1.46 bits per heavy atom. The summed E-state index contributed by atoms with van der Waals surface area (Å²) in [5, 5.41) is 81.2. The summed E-state index contributed by atoms with van der Waals surface area (Å²) in [5.41, 5.74) is -0.0266. The highest BCUT2D eigenvalue weighted by Gasteiger charge is 2.47. The maximum Gasteiger partial charge on any atom is 0.229 e. The van der Waals surface area contributed by atoms with E-state index in [0.29, 0.717) is 5.56 Å². The predicted octanol–water partition coefficient (Wildman–Crippen LogP) is -1.10. The summed E-state index contributed by atoms with van der Waals surface area (Å²) in [7, 11) is 0. The van der Waals surface area contributed by atoms with E-state index in [1.165, 1.54) is 43.5 Å². The maximum atomic E-state index is 13.1. The zero-order valence-electron chi connectivity index (χ0n) is 21.5. The van der Waals surface area contributed by atoms with Gasteiger partial charge >= 0.3 is 0 Å². The SMILES string of the molecule is CC1O[C@@H](OCC2O[C@@H](Oc3cc(O)c4c(=O)c(-c5ccc(O)cc5)coc4c3)C(O)[C@@H](O)[C@@H]2O)[C@@H](O)C(O)[C@H]1O. The van der Waals surface area contributed by atoms with Crippen LogP contribution in [-0.4, -0.2) is 109 Å². The quantitative estimate of drug-likeness (QED) is 0.174. The fourth-order valence-electron chi connectivity index (χ4n) is 4.74. The lowest BCUT2D eigenvalue weighted by atomic mass is 9.98. The molecule has 222 valence electrons. The van der Waals surface area contributed by atoms with E-state index in [-0.39, 0.29) is 28.0 Å². The van der Waals surface area contributed by atoms with Crippen LogP contribution in [0.1, 0.15) is 6.92 Å². The zero-order chi connectivity index (χ0) is 29.6. The molecule has 5 rings (SSSR count). The number of hydrogen-bond acceptors (Lipinski definition) is 14. The Morgan fingerprint density at radius 3 is 2.17 bits per heavy atom. The van der Waals surface area contributed by atoms with Crippen molar-refractivity contribution in [3.05, 3.63) is 52.9 Å². The van der Waals surface area contributed by atoms with E-state index in [9.17, 15) is 45.6 Å². The molecule has 3 aromatic rings. The van der Waals surface area contributed by atoms with Crippen LogP contribution in [0.15, 0.2) is 51.9 Å². The summed E-state index contributed by atoms with van der Waals surface area (Å²) >= 11 is 0. The number of rotatable bonds is 6. The van der Waals surface area contributed by atoms with Crippen LogP contribution in [0, 0.1) is 0 Å². The van der Waals surface area contributed by atoms with Crippen molar-refractivity contribution in [2.24, 2.45) is 0 Å². The molecule has 2 aliphatic heterocycles.